The van der Waals surface area contributed by atoms with Crippen LogP contribution in [0.3, 0.4) is 0 Å². The Bertz CT molecular complexity index is 536. The second kappa shape index (κ2) is 5.17. The van der Waals surface area contributed by atoms with Crippen LogP contribution < -0.4 is 5.46 Å². The molecular weight excluding hydrogens is 255 g/mol. The Morgan fingerprint density at radius 2 is 1.90 bits per heavy atom. The normalized spacial score (nSPS) is 19.9. The lowest BCUT2D eigenvalue weighted by molar-refractivity contribution is 0.00578. The van der Waals surface area contributed by atoms with Crippen LogP contribution in [-0.4, -0.2) is 30.4 Å². The molecule has 2 heterocycles. The molecule has 0 N–H and O–H groups in total. The number of hydrogen-bond donors (Lipinski definition) is 0. The number of hydrogen-bond acceptors (Lipinski definition) is 5. The minimum absolute atomic E-state index is 0.352. The fraction of sp³-hybridized carbons (Fsp3) is 0.571. The molecule has 20 heavy (non-hydrogen) atoms. The van der Waals surface area contributed by atoms with Crippen LogP contribution in [0.5, 0.6) is 0 Å². The molecule has 0 saturated carbocycles. The molecule has 1 aromatic rings. The summed E-state index contributed by atoms with van der Waals surface area (Å²) in [7, 11) is 1.07. The van der Waals surface area contributed by atoms with Gasteiger partial charge < -0.3 is 14.0 Å². The summed E-state index contributed by atoms with van der Waals surface area (Å²) in [5.74, 6) is 0. The highest BCUT2D eigenvalue weighted by atomic mass is 16.7. The Kier molecular flexibility index (Phi) is 3.87. The number of methoxy groups -OCH3 is 1. The van der Waals surface area contributed by atoms with Crippen LogP contribution in [-0.2, 0) is 20.7 Å². The predicted molar refractivity (Wildman–Crippen MR) is 75.4 cm³/mol. The van der Waals surface area contributed by atoms with Gasteiger partial charge in [0.25, 0.3) is 0 Å². The zero-order chi connectivity index (χ0) is 15.0. The molecule has 1 aliphatic rings. The van der Waals surface area contributed by atoms with E-state index in [-0.39, 0.29) is 0 Å². The van der Waals surface area contributed by atoms with E-state index in [9.17, 15) is 0 Å². The number of rotatable bonds is 3. The third-order valence-corrected chi connectivity index (χ3v) is 3.92. The third-order valence-electron chi connectivity index (χ3n) is 3.92. The molecule has 1 aromatic heterocycles. The summed E-state index contributed by atoms with van der Waals surface area (Å²) < 4.78 is 17.2. The molecule has 1 aliphatic heterocycles. The van der Waals surface area contributed by atoms with Crippen molar-refractivity contribution in [1.29, 1.82) is 5.26 Å². The van der Waals surface area contributed by atoms with E-state index in [0.717, 1.165) is 11.2 Å². The smallest absolute Gasteiger partial charge is 0.399 e. The van der Waals surface area contributed by atoms with Crippen LogP contribution in [0.1, 0.15) is 39.0 Å². The van der Waals surface area contributed by atoms with Crippen molar-refractivity contribution in [3.63, 3.8) is 0 Å². The number of nitrogens with zero attached hydrogens (tertiary/aromatic N) is 2. The molecule has 0 bridgehead atoms. The average molecular weight is 274 g/mol. The van der Waals surface area contributed by atoms with E-state index < -0.39 is 18.3 Å². The van der Waals surface area contributed by atoms with Crippen LogP contribution >= 0.6 is 0 Å². The topological polar surface area (TPSA) is 64.4 Å². The molecule has 6 heteroatoms. The minimum atomic E-state index is -0.536. The van der Waals surface area contributed by atoms with Gasteiger partial charge in [0.1, 0.15) is 6.07 Å². The van der Waals surface area contributed by atoms with Crippen LogP contribution in [0, 0.1) is 11.3 Å². The van der Waals surface area contributed by atoms with Crippen molar-refractivity contribution in [1.82, 2.24) is 4.98 Å². The molecule has 0 aliphatic carbocycles. The second-order valence-electron chi connectivity index (χ2n) is 5.89. The number of aromatic nitrogens is 1. The SMILES string of the molecule is COCc1ncc(C#N)cc1B1OC(C)(C)C(C)(C)O1. The van der Waals surface area contributed by atoms with Crippen LogP contribution in [0.2, 0.25) is 0 Å². The van der Waals surface area contributed by atoms with E-state index in [2.05, 4.69) is 11.1 Å². The monoisotopic (exact) mass is 274 g/mol. The molecule has 1 fully saturated rings. The predicted octanol–water partition coefficient (Wildman–Crippen LogP) is 1.40. The van der Waals surface area contributed by atoms with Gasteiger partial charge in [-0.15, -0.1) is 0 Å². The quantitative estimate of drug-likeness (QED) is 0.779. The van der Waals surface area contributed by atoms with Gasteiger partial charge >= 0.3 is 7.12 Å². The first kappa shape index (κ1) is 15.0. The van der Waals surface area contributed by atoms with Gasteiger partial charge in [-0.05, 0) is 33.8 Å². The molecular formula is C14H19BN2O3. The maximum Gasteiger partial charge on any atom is 0.496 e. The number of nitriles is 1. The van der Waals surface area contributed by atoms with Gasteiger partial charge in [0.05, 0.1) is 29.1 Å². The van der Waals surface area contributed by atoms with E-state index in [1.807, 2.05) is 27.7 Å². The van der Waals surface area contributed by atoms with Crippen molar-refractivity contribution in [2.24, 2.45) is 0 Å². The van der Waals surface area contributed by atoms with E-state index in [1.54, 1.807) is 13.2 Å². The van der Waals surface area contributed by atoms with Crippen LogP contribution in [0.4, 0.5) is 0 Å². The molecule has 0 spiro atoms. The molecule has 0 atom stereocenters. The molecule has 106 valence electrons. The van der Waals surface area contributed by atoms with Crippen molar-refractivity contribution in [2.75, 3.05) is 7.11 Å². The first-order valence-electron chi connectivity index (χ1n) is 6.54. The Morgan fingerprint density at radius 1 is 1.30 bits per heavy atom. The lowest BCUT2D eigenvalue weighted by atomic mass is 9.77. The largest absolute Gasteiger partial charge is 0.496 e. The zero-order valence-corrected chi connectivity index (χ0v) is 12.6. The molecule has 1 saturated heterocycles. The first-order chi connectivity index (χ1) is 9.30. The Hall–Kier alpha value is -1.42. The molecule has 0 radical (unpaired) electrons. The lowest BCUT2D eigenvalue weighted by Crippen LogP contribution is -2.41. The maximum atomic E-state index is 9.03. The van der Waals surface area contributed by atoms with E-state index in [0.29, 0.717) is 12.2 Å². The summed E-state index contributed by atoms with van der Waals surface area (Å²) in [6.45, 7) is 8.31. The Labute approximate surface area is 120 Å². The lowest BCUT2D eigenvalue weighted by Gasteiger charge is -2.32. The van der Waals surface area contributed by atoms with Gasteiger partial charge in [0.2, 0.25) is 0 Å². The summed E-state index contributed by atoms with van der Waals surface area (Å²) in [6.07, 6.45) is 1.53. The standard InChI is InChI=1S/C14H19BN2O3/c1-13(2)14(3,4)20-15(19-13)11-6-10(7-16)8-17-12(11)9-18-5/h6,8H,9H2,1-5H3. The van der Waals surface area contributed by atoms with Crippen molar-refractivity contribution >= 4 is 12.6 Å². The van der Waals surface area contributed by atoms with Gasteiger partial charge in [-0.1, -0.05) is 0 Å². The van der Waals surface area contributed by atoms with Crippen LogP contribution in [0.25, 0.3) is 0 Å². The maximum absolute atomic E-state index is 9.03. The molecule has 0 aromatic carbocycles. The Morgan fingerprint density at radius 3 is 2.40 bits per heavy atom. The summed E-state index contributed by atoms with van der Waals surface area (Å²) in [4.78, 5) is 4.27. The van der Waals surface area contributed by atoms with Crippen molar-refractivity contribution in [3.05, 3.63) is 23.5 Å². The van der Waals surface area contributed by atoms with Crippen molar-refractivity contribution in [3.8, 4) is 6.07 Å². The average Bonchev–Trinajstić information content (AvgIpc) is 2.59. The zero-order valence-electron chi connectivity index (χ0n) is 12.6. The van der Waals surface area contributed by atoms with Gasteiger partial charge in [-0.3, -0.25) is 4.98 Å². The fourth-order valence-corrected chi connectivity index (χ4v) is 2.00. The second-order valence-corrected chi connectivity index (χ2v) is 5.89. The van der Waals surface area contributed by atoms with Crippen LogP contribution in [0.15, 0.2) is 12.3 Å². The van der Waals surface area contributed by atoms with Gasteiger partial charge in [-0.2, -0.15) is 5.26 Å². The first-order valence-corrected chi connectivity index (χ1v) is 6.54. The third kappa shape index (κ3) is 2.57. The van der Waals surface area contributed by atoms with Crippen molar-refractivity contribution in [2.45, 2.75) is 45.5 Å². The van der Waals surface area contributed by atoms with E-state index in [1.165, 1.54) is 6.20 Å². The minimum Gasteiger partial charge on any atom is -0.399 e. The Balaban J connectivity index is 2.40. The molecule has 5 nitrogen and oxygen atoms in total. The van der Waals surface area contributed by atoms with Gasteiger partial charge in [0, 0.05) is 18.8 Å². The summed E-state index contributed by atoms with van der Waals surface area (Å²) >= 11 is 0. The number of ether oxygens (including phenoxy) is 1. The summed E-state index contributed by atoms with van der Waals surface area (Å²) in [6, 6.07) is 3.84. The highest BCUT2D eigenvalue weighted by Gasteiger charge is 2.52. The van der Waals surface area contributed by atoms with Gasteiger partial charge in [0.15, 0.2) is 0 Å². The highest BCUT2D eigenvalue weighted by molar-refractivity contribution is 6.62. The highest BCUT2D eigenvalue weighted by Crippen LogP contribution is 2.36. The number of pyridine rings is 1. The van der Waals surface area contributed by atoms with Gasteiger partial charge in [-0.25, -0.2) is 0 Å². The van der Waals surface area contributed by atoms with Crippen molar-refractivity contribution < 1.29 is 14.0 Å². The molecule has 0 amide bonds. The summed E-state index contributed by atoms with van der Waals surface area (Å²) in [5.41, 5.74) is 1.11. The summed E-state index contributed by atoms with van der Waals surface area (Å²) in [5, 5.41) is 9.03. The van der Waals surface area contributed by atoms with E-state index in [4.69, 9.17) is 19.3 Å². The molecule has 0 unspecified atom stereocenters. The molecule has 2 rings (SSSR count). The fourth-order valence-electron chi connectivity index (χ4n) is 2.00. The van der Waals surface area contributed by atoms with E-state index >= 15 is 0 Å².